The molecule has 0 saturated carbocycles. The third kappa shape index (κ3) is 7.19. The standard InChI is InChI=1S/C18H28ClN5O.HI/c1-18(2,3)22-17(20-4)21-13-16(25)24-11-9-23(10-12-24)15-7-5-14(19)6-8-15;/h5-8H,9-13H2,1-4H3,(H2,20,21,22);1H. The molecule has 0 bridgehead atoms. The number of halogens is 2. The highest BCUT2D eigenvalue weighted by molar-refractivity contribution is 14.0. The second-order valence-electron chi connectivity index (χ2n) is 7.15. The average Bonchev–Trinajstić information content (AvgIpc) is 2.58. The summed E-state index contributed by atoms with van der Waals surface area (Å²) in [5.74, 6) is 0.730. The SMILES string of the molecule is CN=C(NCC(=O)N1CCN(c2ccc(Cl)cc2)CC1)NC(C)(C)C.I. The van der Waals surface area contributed by atoms with Crippen LogP contribution in [0.5, 0.6) is 0 Å². The van der Waals surface area contributed by atoms with Crippen LogP contribution in [0.15, 0.2) is 29.3 Å². The topological polar surface area (TPSA) is 60.0 Å². The quantitative estimate of drug-likeness (QED) is 0.386. The lowest BCUT2D eigenvalue weighted by Crippen LogP contribution is -2.53. The molecule has 0 unspecified atom stereocenters. The van der Waals surface area contributed by atoms with Gasteiger partial charge in [-0.1, -0.05) is 11.6 Å². The Morgan fingerprint density at radius 1 is 1.15 bits per heavy atom. The van der Waals surface area contributed by atoms with Crippen LogP contribution in [0.1, 0.15) is 20.8 Å². The third-order valence-corrected chi connectivity index (χ3v) is 4.20. The average molecular weight is 494 g/mol. The van der Waals surface area contributed by atoms with Crippen LogP contribution in [0.25, 0.3) is 0 Å². The van der Waals surface area contributed by atoms with Crippen molar-refractivity contribution >= 4 is 53.1 Å². The van der Waals surface area contributed by atoms with Crippen molar-refractivity contribution in [2.75, 3.05) is 44.7 Å². The number of hydrogen-bond acceptors (Lipinski definition) is 3. The Bertz CT molecular complexity index is 607. The molecule has 0 atom stereocenters. The van der Waals surface area contributed by atoms with Gasteiger partial charge in [0.05, 0.1) is 6.54 Å². The molecule has 0 aromatic heterocycles. The molecule has 0 radical (unpaired) electrons. The molecule has 1 aromatic rings. The van der Waals surface area contributed by atoms with Crippen LogP contribution in [-0.2, 0) is 4.79 Å². The van der Waals surface area contributed by atoms with Crippen molar-refractivity contribution in [3.63, 3.8) is 0 Å². The van der Waals surface area contributed by atoms with E-state index in [0.29, 0.717) is 19.0 Å². The first-order valence-corrected chi connectivity index (χ1v) is 8.93. The van der Waals surface area contributed by atoms with Crippen LogP contribution < -0.4 is 15.5 Å². The highest BCUT2D eigenvalue weighted by atomic mass is 127. The largest absolute Gasteiger partial charge is 0.368 e. The van der Waals surface area contributed by atoms with Gasteiger partial charge in [0.15, 0.2) is 5.96 Å². The van der Waals surface area contributed by atoms with Crippen LogP contribution in [0.2, 0.25) is 5.02 Å². The molecule has 1 heterocycles. The minimum atomic E-state index is -0.102. The normalized spacial score (nSPS) is 15.3. The number of amides is 1. The molecule has 26 heavy (non-hydrogen) atoms. The fourth-order valence-corrected chi connectivity index (χ4v) is 2.80. The molecule has 1 fully saturated rings. The molecule has 6 nitrogen and oxygen atoms in total. The molecule has 0 spiro atoms. The van der Waals surface area contributed by atoms with Gasteiger partial charge in [-0.25, -0.2) is 0 Å². The lowest BCUT2D eigenvalue weighted by Gasteiger charge is -2.36. The number of hydrogen-bond donors (Lipinski definition) is 2. The van der Waals surface area contributed by atoms with Gasteiger partial charge in [0.1, 0.15) is 0 Å². The minimum absolute atomic E-state index is 0. The van der Waals surface area contributed by atoms with E-state index in [4.69, 9.17) is 11.6 Å². The van der Waals surface area contributed by atoms with Gasteiger partial charge in [-0.05, 0) is 45.0 Å². The summed E-state index contributed by atoms with van der Waals surface area (Å²) in [6.45, 7) is 9.48. The molecule has 1 saturated heterocycles. The van der Waals surface area contributed by atoms with Crippen LogP contribution in [0, 0.1) is 0 Å². The highest BCUT2D eigenvalue weighted by Gasteiger charge is 2.21. The summed E-state index contributed by atoms with van der Waals surface area (Å²) in [6, 6.07) is 7.82. The maximum absolute atomic E-state index is 12.4. The number of carbonyl (C=O) groups excluding carboxylic acids is 1. The molecule has 1 aliphatic heterocycles. The van der Waals surface area contributed by atoms with Gasteiger partial charge in [0.25, 0.3) is 0 Å². The summed E-state index contributed by atoms with van der Waals surface area (Å²) < 4.78 is 0. The van der Waals surface area contributed by atoms with Crippen LogP contribution in [0.4, 0.5) is 5.69 Å². The molecule has 8 heteroatoms. The van der Waals surface area contributed by atoms with E-state index >= 15 is 0 Å². The van der Waals surface area contributed by atoms with Crippen LogP contribution >= 0.6 is 35.6 Å². The lowest BCUT2D eigenvalue weighted by molar-refractivity contribution is -0.130. The summed E-state index contributed by atoms with van der Waals surface area (Å²) >= 11 is 5.93. The predicted molar refractivity (Wildman–Crippen MR) is 120 cm³/mol. The zero-order valence-electron chi connectivity index (χ0n) is 15.9. The maximum Gasteiger partial charge on any atom is 0.242 e. The summed E-state index contributed by atoms with van der Waals surface area (Å²) in [5.41, 5.74) is 1.04. The molecule has 1 aliphatic rings. The summed E-state index contributed by atoms with van der Waals surface area (Å²) in [5, 5.41) is 7.07. The van der Waals surface area contributed by atoms with E-state index in [9.17, 15) is 4.79 Å². The highest BCUT2D eigenvalue weighted by Crippen LogP contribution is 2.19. The van der Waals surface area contributed by atoms with Crippen molar-refractivity contribution in [3.8, 4) is 0 Å². The summed E-state index contributed by atoms with van der Waals surface area (Å²) in [4.78, 5) is 20.7. The first-order chi connectivity index (χ1) is 11.8. The predicted octanol–water partition coefficient (Wildman–Crippen LogP) is 2.57. The van der Waals surface area contributed by atoms with Crippen molar-refractivity contribution in [1.82, 2.24) is 15.5 Å². The van der Waals surface area contributed by atoms with Crippen LogP contribution in [0.3, 0.4) is 0 Å². The van der Waals surface area contributed by atoms with E-state index in [1.54, 1.807) is 7.05 Å². The monoisotopic (exact) mass is 493 g/mol. The van der Waals surface area contributed by atoms with E-state index in [1.807, 2.05) is 29.2 Å². The van der Waals surface area contributed by atoms with Gasteiger partial charge in [0.2, 0.25) is 5.91 Å². The number of piperazine rings is 1. The molecule has 2 rings (SSSR count). The molecule has 146 valence electrons. The second-order valence-corrected chi connectivity index (χ2v) is 7.58. The van der Waals surface area contributed by atoms with Gasteiger partial charge < -0.3 is 20.4 Å². The Labute approximate surface area is 178 Å². The van der Waals surface area contributed by atoms with E-state index in [0.717, 1.165) is 23.8 Å². The second kappa shape index (κ2) is 10.2. The number of nitrogens with one attached hydrogen (secondary N) is 2. The maximum atomic E-state index is 12.4. The van der Waals surface area contributed by atoms with Crippen molar-refractivity contribution in [2.24, 2.45) is 4.99 Å². The van der Waals surface area contributed by atoms with Crippen LogP contribution in [-0.4, -0.2) is 62.1 Å². The Morgan fingerprint density at radius 3 is 2.23 bits per heavy atom. The Hall–Kier alpha value is -1.22. The number of carbonyl (C=O) groups is 1. The van der Waals surface area contributed by atoms with E-state index < -0.39 is 0 Å². The zero-order valence-corrected chi connectivity index (χ0v) is 19.0. The summed E-state index contributed by atoms with van der Waals surface area (Å²) in [6.07, 6.45) is 0. The van der Waals surface area contributed by atoms with Gasteiger partial charge in [-0.2, -0.15) is 0 Å². The molecular formula is C18H29ClIN5O. The van der Waals surface area contributed by atoms with E-state index in [-0.39, 0.29) is 42.0 Å². The Kier molecular flexibility index (Phi) is 8.95. The fraction of sp³-hybridized carbons (Fsp3) is 0.556. The van der Waals surface area contributed by atoms with Gasteiger partial charge in [-0.3, -0.25) is 9.79 Å². The molecule has 1 amide bonds. The number of anilines is 1. The lowest BCUT2D eigenvalue weighted by atomic mass is 10.1. The number of guanidine groups is 1. The van der Waals surface area contributed by atoms with Crippen molar-refractivity contribution in [1.29, 1.82) is 0 Å². The fourth-order valence-electron chi connectivity index (χ4n) is 2.67. The molecule has 1 aromatic carbocycles. The smallest absolute Gasteiger partial charge is 0.242 e. The van der Waals surface area contributed by atoms with Gasteiger partial charge in [-0.15, -0.1) is 24.0 Å². The molecular weight excluding hydrogens is 465 g/mol. The number of benzene rings is 1. The Balaban J connectivity index is 0.00000338. The first-order valence-electron chi connectivity index (χ1n) is 8.55. The van der Waals surface area contributed by atoms with Crippen molar-refractivity contribution < 1.29 is 4.79 Å². The molecule has 0 aliphatic carbocycles. The number of aliphatic imine (C=N–C) groups is 1. The van der Waals surface area contributed by atoms with Crippen molar-refractivity contribution in [3.05, 3.63) is 29.3 Å². The minimum Gasteiger partial charge on any atom is -0.368 e. The summed E-state index contributed by atoms with van der Waals surface area (Å²) in [7, 11) is 1.70. The van der Waals surface area contributed by atoms with E-state index in [2.05, 4.69) is 41.3 Å². The number of rotatable bonds is 3. The first kappa shape index (κ1) is 22.8. The third-order valence-electron chi connectivity index (χ3n) is 3.95. The number of nitrogens with zero attached hydrogens (tertiary/aromatic N) is 3. The van der Waals surface area contributed by atoms with Gasteiger partial charge >= 0.3 is 0 Å². The zero-order chi connectivity index (χ0) is 18.4. The van der Waals surface area contributed by atoms with Gasteiger partial charge in [0, 0.05) is 49.5 Å². The van der Waals surface area contributed by atoms with E-state index in [1.165, 1.54) is 0 Å². The van der Waals surface area contributed by atoms with Crippen molar-refractivity contribution in [2.45, 2.75) is 26.3 Å². The Morgan fingerprint density at radius 2 is 1.73 bits per heavy atom. The molecule has 2 N–H and O–H groups in total.